The Hall–Kier alpha value is -1.59. The van der Waals surface area contributed by atoms with Gasteiger partial charge in [0.2, 0.25) is 5.88 Å². The Morgan fingerprint density at radius 2 is 2.04 bits per heavy atom. The maximum absolute atomic E-state index is 12.9. The lowest BCUT2D eigenvalue weighted by atomic mass is 9.79. The van der Waals surface area contributed by atoms with Crippen molar-refractivity contribution in [1.82, 2.24) is 9.88 Å². The van der Waals surface area contributed by atoms with Gasteiger partial charge in [0.1, 0.15) is 6.10 Å². The Balaban J connectivity index is 1.72. The van der Waals surface area contributed by atoms with E-state index < -0.39 is 0 Å². The van der Waals surface area contributed by atoms with E-state index in [-0.39, 0.29) is 6.10 Å². The molecule has 3 rings (SSSR count). The van der Waals surface area contributed by atoms with Gasteiger partial charge in [-0.3, -0.25) is 0 Å². The first-order chi connectivity index (χ1) is 12.1. The summed E-state index contributed by atoms with van der Waals surface area (Å²) in [6, 6.07) is 12.1. The molecule has 134 valence electrons. The second-order valence-electron chi connectivity index (χ2n) is 7.02. The summed E-state index contributed by atoms with van der Waals surface area (Å²) in [5.41, 5.74) is 2.35. The second kappa shape index (κ2) is 8.19. The van der Waals surface area contributed by atoms with E-state index in [1.54, 1.807) is 0 Å². The molecule has 0 unspecified atom stereocenters. The highest BCUT2D eigenvalue weighted by molar-refractivity contribution is 7.94. The van der Waals surface area contributed by atoms with E-state index in [4.69, 9.17) is 4.74 Å². The Labute approximate surface area is 153 Å². The van der Waals surface area contributed by atoms with E-state index in [2.05, 4.69) is 30.0 Å². The number of hydrogen-bond acceptors (Lipinski definition) is 4. The second-order valence-corrected chi connectivity index (χ2v) is 7.65. The minimum Gasteiger partial charge on any atom is -0.473 e. The van der Waals surface area contributed by atoms with Crippen molar-refractivity contribution in [3.05, 3.63) is 53.7 Å². The summed E-state index contributed by atoms with van der Waals surface area (Å²) in [6.07, 6.45) is 4.98. The number of rotatable bonds is 5. The van der Waals surface area contributed by atoms with Crippen LogP contribution in [0, 0.1) is 6.92 Å². The third kappa shape index (κ3) is 4.53. The minimum atomic E-state index is 0.125. The van der Waals surface area contributed by atoms with Gasteiger partial charge in [0.25, 0.3) is 0 Å². The van der Waals surface area contributed by atoms with Gasteiger partial charge < -0.3 is 9.64 Å². The van der Waals surface area contributed by atoms with Gasteiger partial charge >= 0.3 is 0 Å². The van der Waals surface area contributed by atoms with Gasteiger partial charge in [-0.15, -0.1) is 0 Å². The fraction of sp³-hybridized carbons (Fsp3) is 0.450. The molecule has 5 heteroatoms. The summed E-state index contributed by atoms with van der Waals surface area (Å²) in [5, 5.41) is 0. The largest absolute Gasteiger partial charge is 0.473 e. The van der Waals surface area contributed by atoms with E-state index >= 15 is 0 Å². The fourth-order valence-corrected chi connectivity index (χ4v) is 3.91. The highest BCUT2D eigenvalue weighted by atomic mass is 32.2. The van der Waals surface area contributed by atoms with Crippen LogP contribution in [0.15, 0.2) is 47.5 Å². The molecule has 3 atom stereocenters. The zero-order valence-corrected chi connectivity index (χ0v) is 15.8. The van der Waals surface area contributed by atoms with Gasteiger partial charge in [-0.1, -0.05) is 18.2 Å². The number of likely N-dealkylation sites (N-methyl/N-ethyl adjacent to an activating group) is 1. The molecule has 1 aliphatic carbocycles. The van der Waals surface area contributed by atoms with Crippen molar-refractivity contribution >= 4 is 12.1 Å². The molecule has 0 N–H and O–H groups in total. The predicted octanol–water partition coefficient (Wildman–Crippen LogP) is 5.01. The standard InChI is InChI=1S/C20H25FN2OS/c1-14-7-10-20(22-13-14)24-19-9-8-16(12-18(19)23(2)3)15-5-4-6-17(11-15)25-21/h4-7,10-11,13,16,18-19H,8-9,12H2,1-3H3/t16-,18-,19-/m0/s1. The van der Waals surface area contributed by atoms with Crippen LogP contribution in [-0.4, -0.2) is 36.1 Å². The van der Waals surface area contributed by atoms with Crippen LogP contribution in [0.4, 0.5) is 3.89 Å². The zero-order valence-electron chi connectivity index (χ0n) is 15.0. The van der Waals surface area contributed by atoms with E-state index in [0.717, 1.165) is 24.8 Å². The molecular formula is C20H25FN2OS. The number of pyridine rings is 1. The van der Waals surface area contributed by atoms with Gasteiger partial charge in [-0.25, -0.2) is 4.98 Å². The number of benzene rings is 1. The Kier molecular flexibility index (Phi) is 5.97. The third-order valence-electron chi connectivity index (χ3n) is 4.99. The molecule has 3 nitrogen and oxygen atoms in total. The van der Waals surface area contributed by atoms with Crippen LogP contribution in [0.5, 0.6) is 5.88 Å². The lowest BCUT2D eigenvalue weighted by Gasteiger charge is -2.39. The molecule has 25 heavy (non-hydrogen) atoms. The summed E-state index contributed by atoms with van der Waals surface area (Å²) in [7, 11) is 4.19. The number of nitrogens with zero attached hydrogens (tertiary/aromatic N) is 2. The molecular weight excluding hydrogens is 335 g/mol. The SMILES string of the molecule is Cc1ccc(O[C@H]2CC[C@H](c3cccc(SF)c3)C[C@@H]2N(C)C)nc1. The lowest BCUT2D eigenvalue weighted by molar-refractivity contribution is 0.0514. The molecule has 1 aromatic carbocycles. The van der Waals surface area contributed by atoms with Gasteiger partial charge in [0.05, 0.1) is 12.1 Å². The van der Waals surface area contributed by atoms with Gasteiger partial charge in [0.15, 0.2) is 0 Å². The summed E-state index contributed by atoms with van der Waals surface area (Å²) in [5.74, 6) is 1.13. The quantitative estimate of drug-likeness (QED) is 0.748. The summed E-state index contributed by atoms with van der Waals surface area (Å²) in [6.45, 7) is 2.02. The first-order valence-electron chi connectivity index (χ1n) is 8.71. The number of aromatic nitrogens is 1. The average Bonchev–Trinajstić information content (AvgIpc) is 2.64. The van der Waals surface area contributed by atoms with Crippen molar-refractivity contribution in [2.24, 2.45) is 0 Å². The molecule has 0 amide bonds. The van der Waals surface area contributed by atoms with Crippen molar-refractivity contribution in [1.29, 1.82) is 0 Å². The number of hydrogen-bond donors (Lipinski definition) is 0. The fourth-order valence-electron chi connectivity index (χ4n) is 3.60. The molecule has 1 heterocycles. The molecule has 1 fully saturated rings. The number of ether oxygens (including phenoxy) is 1. The third-order valence-corrected chi connectivity index (χ3v) is 5.43. The molecule has 0 bridgehead atoms. The molecule has 1 aliphatic rings. The minimum absolute atomic E-state index is 0.125. The first-order valence-corrected chi connectivity index (χ1v) is 9.43. The van der Waals surface area contributed by atoms with E-state index in [1.165, 1.54) is 5.56 Å². The van der Waals surface area contributed by atoms with Gasteiger partial charge in [-0.05, 0) is 69.5 Å². The molecule has 2 aromatic rings. The first kappa shape index (κ1) is 18.2. The van der Waals surface area contributed by atoms with E-state index in [9.17, 15) is 3.89 Å². The van der Waals surface area contributed by atoms with Crippen LogP contribution in [0.1, 0.15) is 36.3 Å². The molecule has 1 aromatic heterocycles. The Bertz CT molecular complexity index is 692. The van der Waals surface area contributed by atoms with E-state index in [1.807, 2.05) is 43.5 Å². The summed E-state index contributed by atoms with van der Waals surface area (Å²) < 4.78 is 19.1. The molecule has 1 saturated carbocycles. The smallest absolute Gasteiger partial charge is 0.213 e. The Morgan fingerprint density at radius 3 is 2.72 bits per heavy atom. The maximum atomic E-state index is 12.9. The van der Waals surface area contributed by atoms with Crippen molar-refractivity contribution in [3.63, 3.8) is 0 Å². The lowest BCUT2D eigenvalue weighted by Crippen LogP contribution is -2.46. The highest BCUT2D eigenvalue weighted by Crippen LogP contribution is 2.37. The van der Waals surface area contributed by atoms with Crippen molar-refractivity contribution in [2.45, 2.75) is 49.1 Å². The van der Waals surface area contributed by atoms with Gasteiger partial charge in [0, 0.05) is 23.2 Å². The van der Waals surface area contributed by atoms with Crippen LogP contribution in [-0.2, 0) is 0 Å². The van der Waals surface area contributed by atoms with Crippen molar-refractivity contribution in [3.8, 4) is 5.88 Å². The predicted molar refractivity (Wildman–Crippen MR) is 101 cm³/mol. The maximum Gasteiger partial charge on any atom is 0.213 e. The average molecular weight is 360 g/mol. The number of halogens is 1. The molecule has 0 aliphatic heterocycles. The highest BCUT2D eigenvalue weighted by Gasteiger charge is 2.34. The van der Waals surface area contributed by atoms with Crippen LogP contribution >= 0.6 is 12.1 Å². The van der Waals surface area contributed by atoms with E-state index in [0.29, 0.717) is 34.9 Å². The van der Waals surface area contributed by atoms with Crippen LogP contribution in [0.25, 0.3) is 0 Å². The van der Waals surface area contributed by atoms with Crippen LogP contribution in [0.3, 0.4) is 0 Å². The monoisotopic (exact) mass is 360 g/mol. The Morgan fingerprint density at radius 1 is 1.20 bits per heavy atom. The molecule has 0 spiro atoms. The van der Waals surface area contributed by atoms with Crippen molar-refractivity contribution < 1.29 is 8.62 Å². The van der Waals surface area contributed by atoms with Crippen molar-refractivity contribution in [2.75, 3.05) is 14.1 Å². The normalized spacial score (nSPS) is 23.6. The van der Waals surface area contributed by atoms with Gasteiger partial charge in [-0.2, -0.15) is 3.89 Å². The molecule has 0 saturated heterocycles. The summed E-state index contributed by atoms with van der Waals surface area (Å²) >= 11 is 0.314. The number of aryl methyl sites for hydroxylation is 1. The zero-order chi connectivity index (χ0) is 17.8. The molecule has 0 radical (unpaired) electrons. The summed E-state index contributed by atoms with van der Waals surface area (Å²) in [4.78, 5) is 7.30. The topological polar surface area (TPSA) is 25.4 Å². The van der Waals surface area contributed by atoms with Crippen LogP contribution < -0.4 is 4.74 Å². The van der Waals surface area contributed by atoms with Crippen LogP contribution in [0.2, 0.25) is 0 Å².